The third kappa shape index (κ3) is 4.02. The predicted molar refractivity (Wildman–Crippen MR) is 127 cm³/mol. The van der Waals surface area contributed by atoms with Gasteiger partial charge in [0, 0.05) is 39.2 Å². The number of benzene rings is 3. The average Bonchev–Trinajstić information content (AvgIpc) is 2.96. The summed E-state index contributed by atoms with van der Waals surface area (Å²) in [6, 6.07) is 18.9. The second-order valence-electron chi connectivity index (χ2n) is 7.45. The van der Waals surface area contributed by atoms with Gasteiger partial charge in [-0.3, -0.25) is 4.99 Å². The highest BCUT2D eigenvalue weighted by Gasteiger charge is 2.23. The third-order valence-corrected chi connectivity index (χ3v) is 5.55. The number of aromatic hydroxyl groups is 1. The van der Waals surface area contributed by atoms with Crippen LogP contribution < -0.4 is 5.32 Å². The molecular weight excluding hydrogens is 440 g/mol. The standard InChI is InChI=1S/C25H17ClN4O3/c26-16-7-10-18-20(11-16)23(19-3-1-2-4-21(19)31)27-12-15-13-28-25(30-22(15)18)29-17-8-5-14(6-9-17)24(32)33/h1-11,13,31H,12H2,(H,32,33)(H,28,29,30). The van der Waals surface area contributed by atoms with Gasteiger partial charge in [0.1, 0.15) is 5.75 Å². The van der Waals surface area contributed by atoms with E-state index in [9.17, 15) is 9.90 Å². The lowest BCUT2D eigenvalue weighted by Crippen LogP contribution is -2.05. The van der Waals surface area contributed by atoms with Crippen molar-refractivity contribution < 1.29 is 15.0 Å². The number of rotatable bonds is 4. The van der Waals surface area contributed by atoms with Gasteiger partial charge in [-0.1, -0.05) is 29.8 Å². The number of para-hydroxylation sites is 1. The van der Waals surface area contributed by atoms with Crippen LogP contribution in [0.15, 0.2) is 77.9 Å². The first-order valence-electron chi connectivity index (χ1n) is 10.1. The Balaban J connectivity index is 1.57. The van der Waals surface area contributed by atoms with E-state index in [2.05, 4.69) is 10.3 Å². The van der Waals surface area contributed by atoms with Crippen LogP contribution in [0.3, 0.4) is 0 Å². The number of carboxylic acids is 1. The lowest BCUT2D eigenvalue weighted by atomic mass is 9.95. The number of carboxylic acid groups (broad SMARTS) is 1. The minimum Gasteiger partial charge on any atom is -0.507 e. The van der Waals surface area contributed by atoms with E-state index < -0.39 is 5.97 Å². The number of aromatic carboxylic acids is 1. The minimum absolute atomic E-state index is 0.131. The van der Waals surface area contributed by atoms with Gasteiger partial charge < -0.3 is 15.5 Å². The van der Waals surface area contributed by atoms with Crippen LogP contribution in [0.5, 0.6) is 5.75 Å². The molecule has 33 heavy (non-hydrogen) atoms. The molecule has 0 spiro atoms. The number of aliphatic imine (C=N–C) groups is 1. The van der Waals surface area contributed by atoms with E-state index in [4.69, 9.17) is 26.7 Å². The van der Waals surface area contributed by atoms with Gasteiger partial charge in [-0.2, -0.15) is 0 Å². The predicted octanol–water partition coefficient (Wildman–Crippen LogP) is 5.30. The number of anilines is 2. The van der Waals surface area contributed by atoms with Gasteiger partial charge in [0.15, 0.2) is 0 Å². The number of hydrogen-bond acceptors (Lipinski definition) is 6. The molecule has 0 saturated carbocycles. The van der Waals surface area contributed by atoms with Crippen molar-refractivity contribution in [1.29, 1.82) is 0 Å². The number of fused-ring (bicyclic) bond motifs is 3. The zero-order chi connectivity index (χ0) is 22.9. The lowest BCUT2D eigenvalue weighted by Gasteiger charge is -2.13. The normalized spacial score (nSPS) is 12.2. The summed E-state index contributed by atoms with van der Waals surface area (Å²) in [5, 5.41) is 23.2. The molecular formula is C25H17ClN4O3. The molecule has 1 aromatic heterocycles. The van der Waals surface area contributed by atoms with Crippen LogP contribution in [0.4, 0.5) is 11.6 Å². The molecule has 0 fully saturated rings. The molecule has 0 atom stereocenters. The average molecular weight is 457 g/mol. The van der Waals surface area contributed by atoms with Gasteiger partial charge in [-0.05, 0) is 48.5 Å². The van der Waals surface area contributed by atoms with Crippen LogP contribution in [0.2, 0.25) is 5.02 Å². The molecule has 0 amide bonds. The van der Waals surface area contributed by atoms with Crippen LogP contribution >= 0.6 is 11.6 Å². The number of hydrogen-bond donors (Lipinski definition) is 3. The Morgan fingerprint density at radius 3 is 2.52 bits per heavy atom. The Kier molecular flexibility index (Phi) is 5.24. The first kappa shape index (κ1) is 20.7. The first-order valence-corrected chi connectivity index (χ1v) is 10.5. The summed E-state index contributed by atoms with van der Waals surface area (Å²) in [5.41, 5.74) is 5.21. The maximum atomic E-state index is 11.1. The van der Waals surface area contributed by atoms with Crippen molar-refractivity contribution >= 4 is 34.9 Å². The first-order chi connectivity index (χ1) is 16.0. The molecule has 0 bridgehead atoms. The summed E-state index contributed by atoms with van der Waals surface area (Å²) in [6.45, 7) is 0.332. The fourth-order valence-electron chi connectivity index (χ4n) is 3.71. The van der Waals surface area contributed by atoms with Gasteiger partial charge in [0.05, 0.1) is 23.5 Å². The van der Waals surface area contributed by atoms with Crippen LogP contribution in [0.1, 0.15) is 27.0 Å². The molecule has 1 aliphatic rings. The molecule has 8 heteroatoms. The highest BCUT2D eigenvalue weighted by molar-refractivity contribution is 6.31. The zero-order valence-corrected chi connectivity index (χ0v) is 17.9. The van der Waals surface area contributed by atoms with Gasteiger partial charge >= 0.3 is 5.97 Å². The van der Waals surface area contributed by atoms with Crippen LogP contribution in [-0.2, 0) is 6.54 Å². The fraction of sp³-hybridized carbons (Fsp3) is 0.0400. The highest BCUT2D eigenvalue weighted by atomic mass is 35.5. The van der Waals surface area contributed by atoms with Crippen molar-refractivity contribution in [3.8, 4) is 17.0 Å². The number of halogens is 1. The van der Waals surface area contributed by atoms with E-state index in [1.807, 2.05) is 24.3 Å². The van der Waals surface area contributed by atoms with Gasteiger partial charge in [0.25, 0.3) is 0 Å². The third-order valence-electron chi connectivity index (χ3n) is 5.31. The quantitative estimate of drug-likeness (QED) is 0.385. The van der Waals surface area contributed by atoms with Crippen molar-refractivity contribution in [3.05, 3.63) is 100 Å². The summed E-state index contributed by atoms with van der Waals surface area (Å²) >= 11 is 6.32. The molecule has 162 valence electrons. The van der Waals surface area contributed by atoms with Gasteiger partial charge in [0.2, 0.25) is 5.95 Å². The number of nitrogens with zero attached hydrogens (tertiary/aromatic N) is 3. The summed E-state index contributed by atoms with van der Waals surface area (Å²) in [7, 11) is 0. The van der Waals surface area contributed by atoms with Crippen LogP contribution in [0, 0.1) is 0 Å². The van der Waals surface area contributed by atoms with E-state index >= 15 is 0 Å². The van der Waals surface area contributed by atoms with Crippen molar-refractivity contribution in [2.24, 2.45) is 4.99 Å². The molecule has 1 aliphatic heterocycles. The van der Waals surface area contributed by atoms with E-state index in [1.165, 1.54) is 12.1 Å². The van der Waals surface area contributed by atoms with Crippen molar-refractivity contribution in [2.75, 3.05) is 5.32 Å². The van der Waals surface area contributed by atoms with E-state index in [0.29, 0.717) is 40.2 Å². The minimum atomic E-state index is -0.988. The number of phenolic OH excluding ortho intramolecular Hbond substituents is 1. The Morgan fingerprint density at radius 1 is 0.970 bits per heavy atom. The molecule has 0 unspecified atom stereocenters. The highest BCUT2D eigenvalue weighted by Crippen LogP contribution is 2.35. The molecule has 2 heterocycles. The smallest absolute Gasteiger partial charge is 0.335 e. The van der Waals surface area contributed by atoms with E-state index in [-0.39, 0.29) is 11.3 Å². The summed E-state index contributed by atoms with van der Waals surface area (Å²) in [5.74, 6) is -0.492. The molecule has 0 saturated heterocycles. The molecule has 4 aromatic rings. The molecule has 3 N–H and O–H groups in total. The maximum Gasteiger partial charge on any atom is 0.335 e. The van der Waals surface area contributed by atoms with Gasteiger partial charge in [-0.25, -0.2) is 14.8 Å². The second-order valence-corrected chi connectivity index (χ2v) is 7.88. The Bertz CT molecular complexity index is 1420. The monoisotopic (exact) mass is 456 g/mol. The summed E-state index contributed by atoms with van der Waals surface area (Å²) in [6.07, 6.45) is 1.71. The van der Waals surface area contributed by atoms with Crippen LogP contribution in [0.25, 0.3) is 11.3 Å². The SMILES string of the molecule is O=C(O)c1ccc(Nc2ncc3c(n2)-c2ccc(Cl)cc2C(c2ccccc2O)=NC3)cc1. The molecule has 0 radical (unpaired) electrons. The Labute approximate surface area is 194 Å². The lowest BCUT2D eigenvalue weighted by molar-refractivity contribution is 0.0697. The fourth-order valence-corrected chi connectivity index (χ4v) is 3.89. The van der Waals surface area contributed by atoms with Crippen molar-refractivity contribution in [1.82, 2.24) is 9.97 Å². The molecule has 5 rings (SSSR count). The number of carbonyl (C=O) groups is 1. The van der Waals surface area contributed by atoms with E-state index in [1.54, 1.807) is 36.5 Å². The number of phenols is 1. The molecule has 0 aliphatic carbocycles. The van der Waals surface area contributed by atoms with Gasteiger partial charge in [-0.15, -0.1) is 0 Å². The Morgan fingerprint density at radius 2 is 1.76 bits per heavy atom. The Hall–Kier alpha value is -4.23. The van der Waals surface area contributed by atoms with E-state index in [0.717, 1.165) is 16.7 Å². The summed E-state index contributed by atoms with van der Waals surface area (Å²) < 4.78 is 0. The number of aromatic nitrogens is 2. The molecule has 7 nitrogen and oxygen atoms in total. The maximum absolute atomic E-state index is 11.1. The summed E-state index contributed by atoms with van der Waals surface area (Å²) in [4.78, 5) is 25.0. The zero-order valence-electron chi connectivity index (χ0n) is 17.2. The van der Waals surface area contributed by atoms with Crippen LogP contribution in [-0.4, -0.2) is 31.9 Å². The largest absolute Gasteiger partial charge is 0.507 e. The number of nitrogens with one attached hydrogen (secondary N) is 1. The van der Waals surface area contributed by atoms with Crippen molar-refractivity contribution in [2.45, 2.75) is 6.54 Å². The topological polar surface area (TPSA) is 108 Å². The second kappa shape index (κ2) is 8.37. The molecule has 3 aromatic carbocycles. The van der Waals surface area contributed by atoms with Crippen molar-refractivity contribution in [3.63, 3.8) is 0 Å².